The SMILES string of the molecule is CC(C)[C@H]1CN(C(=O)OC(C)(C)C)CC[NH2+]1. The lowest BCUT2D eigenvalue weighted by Gasteiger charge is -2.34. The van der Waals surface area contributed by atoms with Gasteiger partial charge in [0.1, 0.15) is 11.6 Å². The van der Waals surface area contributed by atoms with Crippen LogP contribution in [0.25, 0.3) is 0 Å². The summed E-state index contributed by atoms with van der Waals surface area (Å²) in [4.78, 5) is 13.7. The summed E-state index contributed by atoms with van der Waals surface area (Å²) in [5.74, 6) is 0.588. The number of carbonyl (C=O) groups excluding carboxylic acids is 1. The summed E-state index contributed by atoms with van der Waals surface area (Å²) in [6.07, 6.45) is -0.175. The molecule has 0 bridgehead atoms. The van der Waals surface area contributed by atoms with E-state index in [1.807, 2.05) is 25.7 Å². The second-order valence-corrected chi connectivity index (χ2v) is 5.86. The normalized spacial score (nSPS) is 22.4. The van der Waals surface area contributed by atoms with E-state index < -0.39 is 5.60 Å². The number of nitrogens with zero attached hydrogens (tertiary/aromatic N) is 1. The summed E-state index contributed by atoms with van der Waals surface area (Å²) in [5.41, 5.74) is -0.397. The maximum Gasteiger partial charge on any atom is 0.410 e. The number of piperazine rings is 1. The van der Waals surface area contributed by atoms with Crippen molar-refractivity contribution in [2.45, 2.75) is 46.3 Å². The number of quaternary nitrogens is 1. The van der Waals surface area contributed by atoms with E-state index in [9.17, 15) is 4.79 Å². The Labute approximate surface area is 98.3 Å². The van der Waals surface area contributed by atoms with Gasteiger partial charge in [-0.15, -0.1) is 0 Å². The highest BCUT2D eigenvalue weighted by atomic mass is 16.6. The number of rotatable bonds is 1. The van der Waals surface area contributed by atoms with Gasteiger partial charge in [0, 0.05) is 5.92 Å². The largest absolute Gasteiger partial charge is 0.444 e. The molecule has 1 amide bonds. The maximum absolute atomic E-state index is 11.9. The number of hydrogen-bond donors (Lipinski definition) is 1. The summed E-state index contributed by atoms with van der Waals surface area (Å²) in [7, 11) is 0. The van der Waals surface area contributed by atoms with Crippen LogP contribution in [0, 0.1) is 5.92 Å². The van der Waals surface area contributed by atoms with E-state index >= 15 is 0 Å². The highest BCUT2D eigenvalue weighted by Gasteiger charge is 2.30. The minimum atomic E-state index is -0.397. The van der Waals surface area contributed by atoms with E-state index in [-0.39, 0.29) is 6.09 Å². The third-order valence-corrected chi connectivity index (χ3v) is 2.81. The summed E-state index contributed by atoms with van der Waals surface area (Å²) >= 11 is 0. The molecule has 1 saturated heterocycles. The summed E-state index contributed by atoms with van der Waals surface area (Å²) in [5, 5.41) is 2.32. The van der Waals surface area contributed by atoms with Crippen LogP contribution in [0.3, 0.4) is 0 Å². The van der Waals surface area contributed by atoms with E-state index in [0.29, 0.717) is 12.0 Å². The smallest absolute Gasteiger partial charge is 0.410 e. The van der Waals surface area contributed by atoms with Gasteiger partial charge in [-0.3, -0.25) is 4.90 Å². The molecular weight excluding hydrogens is 204 g/mol. The summed E-state index contributed by atoms with van der Waals surface area (Å²) < 4.78 is 5.38. The van der Waals surface area contributed by atoms with Gasteiger partial charge in [0.25, 0.3) is 0 Å². The molecule has 0 aromatic rings. The molecule has 0 spiro atoms. The Bertz CT molecular complexity index is 246. The zero-order valence-corrected chi connectivity index (χ0v) is 11.1. The third kappa shape index (κ3) is 4.00. The molecule has 1 atom stereocenters. The maximum atomic E-state index is 11.9. The molecule has 1 rings (SSSR count). The predicted molar refractivity (Wildman–Crippen MR) is 63.2 cm³/mol. The highest BCUT2D eigenvalue weighted by Crippen LogP contribution is 2.11. The van der Waals surface area contributed by atoms with Crippen LogP contribution in [0.2, 0.25) is 0 Å². The molecule has 0 radical (unpaired) electrons. The molecular formula is C12H25N2O2+. The van der Waals surface area contributed by atoms with Crippen LogP contribution < -0.4 is 5.32 Å². The molecule has 1 aliphatic heterocycles. The topological polar surface area (TPSA) is 46.2 Å². The lowest BCUT2D eigenvalue weighted by atomic mass is 10.0. The first-order chi connectivity index (χ1) is 7.29. The van der Waals surface area contributed by atoms with Gasteiger partial charge < -0.3 is 10.1 Å². The Morgan fingerprint density at radius 2 is 2.06 bits per heavy atom. The molecule has 0 aromatic heterocycles. The Hall–Kier alpha value is -0.770. The van der Waals surface area contributed by atoms with Crippen molar-refractivity contribution in [3.05, 3.63) is 0 Å². The van der Waals surface area contributed by atoms with E-state index in [0.717, 1.165) is 19.6 Å². The zero-order chi connectivity index (χ0) is 12.3. The minimum Gasteiger partial charge on any atom is -0.444 e. The van der Waals surface area contributed by atoms with E-state index in [1.165, 1.54) is 0 Å². The molecule has 4 heteroatoms. The van der Waals surface area contributed by atoms with Gasteiger partial charge in [0.05, 0.1) is 19.6 Å². The van der Waals surface area contributed by atoms with Crippen molar-refractivity contribution >= 4 is 6.09 Å². The standard InChI is InChI=1S/C12H24N2O2/c1-9(2)10-8-14(7-6-13-10)11(15)16-12(3,4)5/h9-10,13H,6-8H2,1-5H3/p+1/t10-/m1/s1. The third-order valence-electron chi connectivity index (χ3n) is 2.81. The zero-order valence-electron chi connectivity index (χ0n) is 11.1. The number of carbonyl (C=O) groups is 1. The second kappa shape index (κ2) is 5.04. The van der Waals surface area contributed by atoms with Gasteiger partial charge >= 0.3 is 6.09 Å². The van der Waals surface area contributed by atoms with E-state index in [4.69, 9.17) is 4.74 Å². The molecule has 0 saturated carbocycles. The van der Waals surface area contributed by atoms with Gasteiger partial charge in [-0.25, -0.2) is 4.79 Å². The second-order valence-electron chi connectivity index (χ2n) is 5.86. The first-order valence-corrected chi connectivity index (χ1v) is 6.11. The Morgan fingerprint density at radius 1 is 1.44 bits per heavy atom. The van der Waals surface area contributed by atoms with Crippen LogP contribution in [0.1, 0.15) is 34.6 Å². The molecule has 0 aliphatic carbocycles. The van der Waals surface area contributed by atoms with Gasteiger partial charge in [0.2, 0.25) is 0 Å². The monoisotopic (exact) mass is 229 g/mol. The molecule has 4 nitrogen and oxygen atoms in total. The Kier molecular flexibility index (Phi) is 4.19. The molecule has 94 valence electrons. The average molecular weight is 229 g/mol. The summed E-state index contributed by atoms with van der Waals surface area (Å²) in [6, 6.07) is 0.501. The molecule has 1 aliphatic rings. The quantitative estimate of drug-likeness (QED) is 0.724. The van der Waals surface area contributed by atoms with Gasteiger partial charge in [-0.1, -0.05) is 13.8 Å². The van der Waals surface area contributed by atoms with Gasteiger partial charge in [-0.05, 0) is 20.8 Å². The number of amides is 1. The van der Waals surface area contributed by atoms with E-state index in [1.54, 1.807) is 0 Å². The van der Waals surface area contributed by atoms with Crippen molar-refractivity contribution in [3.8, 4) is 0 Å². The number of hydrogen-bond acceptors (Lipinski definition) is 2. The Balaban J connectivity index is 2.50. The Morgan fingerprint density at radius 3 is 2.56 bits per heavy atom. The van der Waals surface area contributed by atoms with Crippen molar-refractivity contribution in [1.82, 2.24) is 4.90 Å². The average Bonchev–Trinajstić information content (AvgIpc) is 2.15. The van der Waals surface area contributed by atoms with Crippen molar-refractivity contribution in [2.24, 2.45) is 5.92 Å². The van der Waals surface area contributed by atoms with Crippen molar-refractivity contribution in [2.75, 3.05) is 19.6 Å². The molecule has 1 fully saturated rings. The van der Waals surface area contributed by atoms with Crippen molar-refractivity contribution in [1.29, 1.82) is 0 Å². The molecule has 0 unspecified atom stereocenters. The molecule has 16 heavy (non-hydrogen) atoms. The molecule has 1 heterocycles. The van der Waals surface area contributed by atoms with Crippen molar-refractivity contribution in [3.63, 3.8) is 0 Å². The van der Waals surface area contributed by atoms with Crippen LogP contribution in [-0.4, -0.2) is 42.3 Å². The summed E-state index contributed by atoms with van der Waals surface area (Å²) in [6.45, 7) is 12.7. The highest BCUT2D eigenvalue weighted by molar-refractivity contribution is 5.68. The fraction of sp³-hybridized carbons (Fsp3) is 0.917. The van der Waals surface area contributed by atoms with Crippen LogP contribution in [0.15, 0.2) is 0 Å². The predicted octanol–water partition coefficient (Wildman–Crippen LogP) is 0.825. The van der Waals surface area contributed by atoms with Gasteiger partial charge in [0.15, 0.2) is 0 Å². The molecule has 0 aromatic carbocycles. The fourth-order valence-corrected chi connectivity index (χ4v) is 1.84. The first kappa shape index (κ1) is 13.3. The van der Waals surface area contributed by atoms with Crippen molar-refractivity contribution < 1.29 is 14.8 Å². The van der Waals surface area contributed by atoms with Crippen LogP contribution in [0.5, 0.6) is 0 Å². The van der Waals surface area contributed by atoms with Crippen LogP contribution >= 0.6 is 0 Å². The first-order valence-electron chi connectivity index (χ1n) is 6.11. The molecule has 2 N–H and O–H groups in total. The van der Waals surface area contributed by atoms with Crippen LogP contribution in [0.4, 0.5) is 4.79 Å². The number of ether oxygens (including phenoxy) is 1. The van der Waals surface area contributed by atoms with E-state index in [2.05, 4.69) is 19.2 Å². The van der Waals surface area contributed by atoms with Crippen LogP contribution in [-0.2, 0) is 4.74 Å². The fourth-order valence-electron chi connectivity index (χ4n) is 1.84. The number of nitrogens with two attached hydrogens (primary N) is 1. The van der Waals surface area contributed by atoms with Gasteiger partial charge in [-0.2, -0.15) is 0 Å². The lowest BCUT2D eigenvalue weighted by molar-refractivity contribution is -0.702. The lowest BCUT2D eigenvalue weighted by Crippen LogP contribution is -2.96. The minimum absolute atomic E-state index is 0.175.